The van der Waals surface area contributed by atoms with E-state index in [1.165, 1.54) is 6.92 Å². The number of carbonyl (C=O) groups is 1. The molecule has 0 saturated carbocycles. The van der Waals surface area contributed by atoms with Crippen LogP contribution in [0.3, 0.4) is 0 Å². The number of H-pyrrole nitrogens is 1. The first-order chi connectivity index (χ1) is 6.22. The van der Waals surface area contributed by atoms with E-state index >= 15 is 0 Å². The third kappa shape index (κ3) is 3.50. The van der Waals surface area contributed by atoms with E-state index in [2.05, 4.69) is 15.3 Å². The van der Waals surface area contributed by atoms with E-state index in [1.54, 1.807) is 18.0 Å². The Balaban J connectivity index is 2.32. The van der Waals surface area contributed by atoms with E-state index in [4.69, 9.17) is 0 Å². The number of hydrogen-bond acceptors (Lipinski definition) is 3. The predicted octanol–water partition coefficient (Wildman–Crippen LogP) is 0.810. The summed E-state index contributed by atoms with van der Waals surface area (Å²) in [7, 11) is 0. The number of nitrogens with one attached hydrogen (secondary N) is 2. The molecule has 0 fully saturated rings. The maximum atomic E-state index is 10.6. The average molecular weight is 199 g/mol. The van der Waals surface area contributed by atoms with Crippen molar-refractivity contribution in [1.82, 2.24) is 15.3 Å². The van der Waals surface area contributed by atoms with Gasteiger partial charge in [-0.25, -0.2) is 4.98 Å². The Morgan fingerprint density at radius 3 is 3.08 bits per heavy atom. The summed E-state index contributed by atoms with van der Waals surface area (Å²) in [5.74, 6) is 0.00426. The van der Waals surface area contributed by atoms with Gasteiger partial charge in [-0.3, -0.25) is 4.79 Å². The molecule has 0 spiro atoms. The van der Waals surface area contributed by atoms with Gasteiger partial charge in [-0.05, 0) is 6.26 Å². The number of rotatable bonds is 4. The van der Waals surface area contributed by atoms with Gasteiger partial charge < -0.3 is 10.3 Å². The highest BCUT2D eigenvalue weighted by atomic mass is 32.2. The van der Waals surface area contributed by atoms with Crippen molar-refractivity contribution in [3.05, 3.63) is 11.9 Å². The summed E-state index contributed by atoms with van der Waals surface area (Å²) in [5.41, 5.74) is 1.05. The Morgan fingerprint density at radius 1 is 1.77 bits per heavy atom. The molecule has 4 nitrogen and oxygen atoms in total. The highest BCUT2D eigenvalue weighted by molar-refractivity contribution is 7.98. The quantitative estimate of drug-likeness (QED) is 0.705. The summed E-state index contributed by atoms with van der Waals surface area (Å²) in [6, 6.07) is 0. The van der Waals surface area contributed by atoms with Crippen molar-refractivity contribution in [2.75, 3.05) is 12.8 Å². The normalized spacial score (nSPS) is 10.0. The zero-order valence-electron chi connectivity index (χ0n) is 7.76. The lowest BCUT2D eigenvalue weighted by molar-refractivity contribution is -0.118. The average Bonchev–Trinajstić information content (AvgIpc) is 2.52. The molecule has 1 heterocycles. The molecule has 0 atom stereocenters. The topological polar surface area (TPSA) is 57.8 Å². The number of nitrogens with zero attached hydrogens (tertiary/aromatic N) is 1. The first-order valence-corrected chi connectivity index (χ1v) is 5.27. The molecule has 13 heavy (non-hydrogen) atoms. The minimum atomic E-state index is 0.00426. The molecule has 1 amide bonds. The molecule has 0 radical (unpaired) electrons. The zero-order valence-corrected chi connectivity index (χ0v) is 8.57. The lowest BCUT2D eigenvalue weighted by atomic mass is 10.3. The predicted molar refractivity (Wildman–Crippen MR) is 52.8 cm³/mol. The van der Waals surface area contributed by atoms with Gasteiger partial charge in [-0.1, -0.05) is 11.8 Å². The second kappa shape index (κ2) is 4.91. The second-order valence-corrected chi connectivity index (χ2v) is 3.45. The molecule has 5 heteroatoms. The minimum absolute atomic E-state index is 0.00426. The summed E-state index contributed by atoms with van der Waals surface area (Å²) in [6.45, 7) is 2.17. The summed E-state index contributed by atoms with van der Waals surface area (Å²) in [5, 5.41) is 3.64. The summed E-state index contributed by atoms with van der Waals surface area (Å²) >= 11 is 1.58. The van der Waals surface area contributed by atoms with Gasteiger partial charge in [0.15, 0.2) is 5.16 Å². The molecule has 2 N–H and O–H groups in total. The van der Waals surface area contributed by atoms with Crippen molar-refractivity contribution in [1.29, 1.82) is 0 Å². The van der Waals surface area contributed by atoms with Gasteiger partial charge >= 0.3 is 0 Å². The molecule has 0 aliphatic heterocycles. The third-order valence-corrected chi connectivity index (χ3v) is 2.16. The van der Waals surface area contributed by atoms with Crippen LogP contribution in [-0.2, 0) is 11.2 Å². The fourth-order valence-electron chi connectivity index (χ4n) is 0.942. The third-order valence-electron chi connectivity index (χ3n) is 1.57. The number of carbonyl (C=O) groups excluding carboxylic acids is 1. The van der Waals surface area contributed by atoms with Gasteiger partial charge in [0.1, 0.15) is 0 Å². The Labute approximate surface area is 81.5 Å². The van der Waals surface area contributed by atoms with Gasteiger partial charge in [0.25, 0.3) is 0 Å². The molecule has 0 bridgehead atoms. The van der Waals surface area contributed by atoms with Crippen LogP contribution in [0.1, 0.15) is 12.6 Å². The smallest absolute Gasteiger partial charge is 0.216 e. The van der Waals surface area contributed by atoms with Gasteiger partial charge in [0.05, 0.1) is 0 Å². The van der Waals surface area contributed by atoms with Crippen LogP contribution in [0, 0.1) is 0 Å². The molecule has 0 aliphatic carbocycles. The SMILES string of the molecule is CSc1ncc(CCNC(C)=O)[nH]1. The van der Waals surface area contributed by atoms with E-state index in [9.17, 15) is 4.79 Å². The number of aromatic amines is 1. The summed E-state index contributed by atoms with van der Waals surface area (Å²) in [4.78, 5) is 17.8. The molecule has 1 aromatic rings. The first-order valence-electron chi connectivity index (χ1n) is 4.04. The lowest BCUT2D eigenvalue weighted by Gasteiger charge is -1.98. The molecule has 1 aromatic heterocycles. The van der Waals surface area contributed by atoms with E-state index in [0.717, 1.165) is 17.3 Å². The van der Waals surface area contributed by atoms with Crippen LogP contribution in [0.4, 0.5) is 0 Å². The fraction of sp³-hybridized carbons (Fsp3) is 0.500. The molecular weight excluding hydrogens is 186 g/mol. The molecule has 0 unspecified atom stereocenters. The van der Waals surface area contributed by atoms with Crippen LogP contribution in [-0.4, -0.2) is 28.7 Å². The van der Waals surface area contributed by atoms with Crippen LogP contribution in [0.25, 0.3) is 0 Å². The number of aromatic nitrogens is 2. The zero-order chi connectivity index (χ0) is 9.68. The van der Waals surface area contributed by atoms with Gasteiger partial charge in [0.2, 0.25) is 5.91 Å². The van der Waals surface area contributed by atoms with Crippen molar-refractivity contribution in [2.24, 2.45) is 0 Å². The molecule has 72 valence electrons. The Morgan fingerprint density at radius 2 is 2.54 bits per heavy atom. The number of thioether (sulfide) groups is 1. The number of amides is 1. The Kier molecular flexibility index (Phi) is 3.82. The van der Waals surface area contributed by atoms with Crippen LogP contribution in [0.2, 0.25) is 0 Å². The minimum Gasteiger partial charge on any atom is -0.356 e. The number of hydrogen-bond donors (Lipinski definition) is 2. The summed E-state index contributed by atoms with van der Waals surface area (Å²) in [6.07, 6.45) is 4.57. The van der Waals surface area contributed by atoms with Crippen molar-refractivity contribution in [3.63, 3.8) is 0 Å². The highest BCUT2D eigenvalue weighted by Gasteiger charge is 1.98. The van der Waals surface area contributed by atoms with Crippen LogP contribution in [0.5, 0.6) is 0 Å². The molecule has 0 aliphatic rings. The standard InChI is InChI=1S/C8H13N3OS/c1-6(12)9-4-3-7-5-10-8(11-7)13-2/h5H,3-4H2,1-2H3,(H,9,12)(H,10,11). The second-order valence-electron chi connectivity index (χ2n) is 2.65. The maximum absolute atomic E-state index is 10.6. The number of imidazole rings is 1. The van der Waals surface area contributed by atoms with E-state index in [1.807, 2.05) is 6.26 Å². The van der Waals surface area contributed by atoms with Crippen molar-refractivity contribution >= 4 is 17.7 Å². The maximum Gasteiger partial charge on any atom is 0.216 e. The van der Waals surface area contributed by atoms with Crippen LogP contribution >= 0.6 is 11.8 Å². The first kappa shape index (κ1) is 10.1. The highest BCUT2D eigenvalue weighted by Crippen LogP contribution is 2.08. The van der Waals surface area contributed by atoms with Crippen molar-refractivity contribution in [3.8, 4) is 0 Å². The van der Waals surface area contributed by atoms with Crippen molar-refractivity contribution in [2.45, 2.75) is 18.5 Å². The lowest BCUT2D eigenvalue weighted by Crippen LogP contribution is -2.22. The van der Waals surface area contributed by atoms with Crippen LogP contribution < -0.4 is 5.32 Å². The molecule has 0 aromatic carbocycles. The molecule has 0 saturated heterocycles. The van der Waals surface area contributed by atoms with Gasteiger partial charge in [-0.2, -0.15) is 0 Å². The largest absolute Gasteiger partial charge is 0.356 e. The molecular formula is C8H13N3OS. The van der Waals surface area contributed by atoms with Crippen LogP contribution in [0.15, 0.2) is 11.4 Å². The molecule has 1 rings (SSSR count). The Hall–Kier alpha value is -0.970. The van der Waals surface area contributed by atoms with Crippen molar-refractivity contribution < 1.29 is 4.79 Å². The monoisotopic (exact) mass is 199 g/mol. The van der Waals surface area contributed by atoms with E-state index in [-0.39, 0.29) is 5.91 Å². The van der Waals surface area contributed by atoms with Gasteiger partial charge in [-0.15, -0.1) is 0 Å². The Bertz CT molecular complexity index is 285. The fourth-order valence-corrected chi connectivity index (χ4v) is 1.33. The summed E-state index contributed by atoms with van der Waals surface area (Å²) < 4.78 is 0. The van der Waals surface area contributed by atoms with Gasteiger partial charge in [0, 0.05) is 31.8 Å². The van der Waals surface area contributed by atoms with E-state index in [0.29, 0.717) is 6.54 Å². The van der Waals surface area contributed by atoms with E-state index < -0.39 is 0 Å².